The van der Waals surface area contributed by atoms with E-state index in [1.54, 1.807) is 6.92 Å². The number of piperidine rings is 1. The van der Waals surface area contributed by atoms with Crippen molar-refractivity contribution >= 4 is 11.5 Å². The lowest BCUT2D eigenvalue weighted by Gasteiger charge is -2.23. The van der Waals surface area contributed by atoms with Gasteiger partial charge in [0.1, 0.15) is 0 Å². The summed E-state index contributed by atoms with van der Waals surface area (Å²) in [6.07, 6.45) is 7.15. The van der Waals surface area contributed by atoms with E-state index in [9.17, 15) is 4.79 Å². The normalized spacial score (nSPS) is 28.0. The highest BCUT2D eigenvalue weighted by Gasteiger charge is 2.42. The Morgan fingerprint density at radius 2 is 2.21 bits per heavy atom. The van der Waals surface area contributed by atoms with Gasteiger partial charge in [0.2, 0.25) is 0 Å². The fraction of sp³-hybridized carbons (Fsp3) is 0.867. The van der Waals surface area contributed by atoms with Crippen LogP contribution in [0.5, 0.6) is 0 Å². The van der Waals surface area contributed by atoms with Gasteiger partial charge < -0.3 is 10.2 Å². The number of Topliss-reactive ketones (excluding diaryl/α,β-unsaturated/α-hetero) is 1. The van der Waals surface area contributed by atoms with Gasteiger partial charge >= 0.3 is 0 Å². The maximum atomic E-state index is 11.8. The van der Waals surface area contributed by atoms with Crippen molar-refractivity contribution in [3.05, 3.63) is 0 Å². The van der Waals surface area contributed by atoms with Crippen LogP contribution in [0, 0.1) is 5.92 Å². The zero-order valence-electron chi connectivity index (χ0n) is 12.2. The molecule has 0 radical (unpaired) electrons. The lowest BCUT2D eigenvalue weighted by molar-refractivity contribution is -0.140. The van der Waals surface area contributed by atoms with Gasteiger partial charge in [-0.3, -0.25) is 4.79 Å². The monoisotopic (exact) mass is 266 g/mol. The van der Waals surface area contributed by atoms with Gasteiger partial charge in [-0.15, -0.1) is 0 Å². The molecule has 4 nitrogen and oxygen atoms in total. The van der Waals surface area contributed by atoms with Crippen molar-refractivity contribution in [2.75, 3.05) is 13.1 Å². The minimum atomic E-state index is -0.641. The van der Waals surface area contributed by atoms with Gasteiger partial charge in [-0.2, -0.15) is 0 Å². The Labute approximate surface area is 116 Å². The van der Waals surface area contributed by atoms with Crippen molar-refractivity contribution < 1.29 is 9.63 Å². The zero-order valence-corrected chi connectivity index (χ0v) is 12.2. The molecule has 0 aliphatic carbocycles. The van der Waals surface area contributed by atoms with Crippen LogP contribution in [0.3, 0.4) is 0 Å². The van der Waals surface area contributed by atoms with E-state index in [0.29, 0.717) is 6.42 Å². The predicted molar refractivity (Wildman–Crippen MR) is 76.3 cm³/mol. The van der Waals surface area contributed by atoms with Crippen molar-refractivity contribution in [2.45, 2.75) is 64.4 Å². The van der Waals surface area contributed by atoms with Crippen LogP contribution in [0.1, 0.15) is 58.8 Å². The Morgan fingerprint density at radius 1 is 1.47 bits per heavy atom. The summed E-state index contributed by atoms with van der Waals surface area (Å²) in [5.74, 6) is 0.928. The first kappa shape index (κ1) is 14.5. The number of carbonyl (C=O) groups is 1. The smallest absolute Gasteiger partial charge is 0.200 e. The number of oxime groups is 1. The van der Waals surface area contributed by atoms with E-state index in [2.05, 4.69) is 17.4 Å². The van der Waals surface area contributed by atoms with Gasteiger partial charge in [0.05, 0.1) is 5.71 Å². The number of nitrogens with zero attached hydrogens (tertiary/aromatic N) is 1. The molecule has 108 valence electrons. The Balaban J connectivity index is 1.81. The molecule has 4 heteroatoms. The van der Waals surface area contributed by atoms with Gasteiger partial charge in [0.15, 0.2) is 11.4 Å². The number of hydrogen-bond acceptors (Lipinski definition) is 4. The molecule has 1 atom stereocenters. The number of rotatable bonds is 6. The van der Waals surface area contributed by atoms with Crippen LogP contribution in [0.2, 0.25) is 0 Å². The van der Waals surface area contributed by atoms with Gasteiger partial charge in [-0.25, -0.2) is 0 Å². The van der Waals surface area contributed by atoms with Crippen LogP contribution in [0.4, 0.5) is 0 Å². The van der Waals surface area contributed by atoms with Crippen molar-refractivity contribution in [3.63, 3.8) is 0 Å². The van der Waals surface area contributed by atoms with E-state index in [4.69, 9.17) is 4.84 Å². The van der Waals surface area contributed by atoms with Crippen LogP contribution >= 0.6 is 0 Å². The van der Waals surface area contributed by atoms with E-state index in [-0.39, 0.29) is 5.78 Å². The highest BCUT2D eigenvalue weighted by Crippen LogP contribution is 2.32. The largest absolute Gasteiger partial charge is 0.381 e. The average Bonchev–Trinajstić information content (AvgIpc) is 2.83. The SMILES string of the molecule is CCCC1(C(C)=O)CC(CCC2CCNCC2)=NO1. The van der Waals surface area contributed by atoms with E-state index in [1.807, 2.05) is 0 Å². The molecule has 1 unspecified atom stereocenters. The summed E-state index contributed by atoms with van der Waals surface area (Å²) < 4.78 is 0. The fourth-order valence-electron chi connectivity index (χ4n) is 3.12. The summed E-state index contributed by atoms with van der Waals surface area (Å²) in [5.41, 5.74) is 0.445. The molecule has 1 saturated heterocycles. The zero-order chi connectivity index (χ0) is 13.7. The second kappa shape index (κ2) is 6.51. The molecule has 0 bridgehead atoms. The number of carbonyl (C=O) groups excluding carboxylic acids is 1. The minimum absolute atomic E-state index is 0.120. The molecule has 0 amide bonds. The van der Waals surface area contributed by atoms with Gasteiger partial charge in [0, 0.05) is 6.42 Å². The molecule has 0 aromatic rings. The summed E-state index contributed by atoms with van der Waals surface area (Å²) in [5, 5.41) is 7.58. The molecule has 1 N–H and O–H groups in total. The summed E-state index contributed by atoms with van der Waals surface area (Å²) in [7, 11) is 0. The van der Waals surface area contributed by atoms with E-state index in [1.165, 1.54) is 19.3 Å². The summed E-state index contributed by atoms with van der Waals surface area (Å²) >= 11 is 0. The van der Waals surface area contributed by atoms with E-state index in [0.717, 1.165) is 44.0 Å². The fourth-order valence-corrected chi connectivity index (χ4v) is 3.12. The maximum absolute atomic E-state index is 11.8. The molecule has 1 fully saturated rings. The molecule has 0 aromatic heterocycles. The van der Waals surface area contributed by atoms with Gasteiger partial charge in [-0.05, 0) is 58.0 Å². The quantitative estimate of drug-likeness (QED) is 0.804. The van der Waals surface area contributed by atoms with Crippen molar-refractivity contribution in [1.29, 1.82) is 0 Å². The lowest BCUT2D eigenvalue weighted by Crippen LogP contribution is -2.37. The van der Waals surface area contributed by atoms with Gasteiger partial charge in [0.25, 0.3) is 0 Å². The third-order valence-electron chi connectivity index (χ3n) is 4.43. The van der Waals surface area contributed by atoms with Crippen molar-refractivity contribution in [3.8, 4) is 0 Å². The molecule has 0 spiro atoms. The molecule has 2 aliphatic rings. The average molecular weight is 266 g/mol. The number of hydrogen-bond donors (Lipinski definition) is 1. The summed E-state index contributed by atoms with van der Waals surface area (Å²) in [6.45, 7) is 5.99. The Morgan fingerprint density at radius 3 is 2.84 bits per heavy atom. The third-order valence-corrected chi connectivity index (χ3v) is 4.43. The van der Waals surface area contributed by atoms with Crippen LogP contribution in [0.25, 0.3) is 0 Å². The van der Waals surface area contributed by atoms with Crippen LogP contribution in [-0.2, 0) is 9.63 Å². The van der Waals surface area contributed by atoms with E-state index >= 15 is 0 Å². The second-order valence-electron chi connectivity index (χ2n) is 5.96. The summed E-state index contributed by atoms with van der Waals surface area (Å²) in [4.78, 5) is 17.3. The number of ketones is 1. The van der Waals surface area contributed by atoms with Crippen LogP contribution in [-0.4, -0.2) is 30.2 Å². The molecule has 0 saturated carbocycles. The Kier molecular flexibility index (Phi) is 4.97. The Hall–Kier alpha value is -0.900. The third kappa shape index (κ3) is 3.56. The van der Waals surface area contributed by atoms with E-state index < -0.39 is 5.60 Å². The second-order valence-corrected chi connectivity index (χ2v) is 5.96. The molecule has 2 heterocycles. The molecule has 2 aliphatic heterocycles. The predicted octanol–water partition coefficient (Wildman–Crippen LogP) is 2.67. The highest BCUT2D eigenvalue weighted by molar-refractivity contribution is 5.95. The first-order chi connectivity index (χ1) is 9.16. The molecule has 2 rings (SSSR count). The first-order valence-corrected chi connectivity index (χ1v) is 7.62. The molecule has 0 aromatic carbocycles. The first-order valence-electron chi connectivity index (χ1n) is 7.62. The summed E-state index contributed by atoms with van der Waals surface area (Å²) in [6, 6.07) is 0. The highest BCUT2D eigenvalue weighted by atomic mass is 16.7. The molecular formula is C15H26N2O2. The van der Waals surface area contributed by atoms with Crippen molar-refractivity contribution in [1.82, 2.24) is 5.32 Å². The minimum Gasteiger partial charge on any atom is -0.381 e. The molecular weight excluding hydrogens is 240 g/mol. The number of nitrogens with one attached hydrogen (secondary N) is 1. The van der Waals surface area contributed by atoms with Gasteiger partial charge in [-0.1, -0.05) is 18.5 Å². The Bertz CT molecular complexity index is 348. The standard InChI is InChI=1S/C15H26N2O2/c1-3-8-15(12(2)18)11-14(17-19-15)5-4-13-6-9-16-10-7-13/h13,16H,3-11H2,1-2H3. The van der Waals surface area contributed by atoms with Crippen molar-refractivity contribution in [2.24, 2.45) is 11.1 Å². The van der Waals surface area contributed by atoms with Crippen LogP contribution < -0.4 is 5.32 Å². The maximum Gasteiger partial charge on any atom is 0.200 e. The lowest BCUT2D eigenvalue weighted by atomic mass is 9.86. The molecule has 19 heavy (non-hydrogen) atoms. The van der Waals surface area contributed by atoms with Crippen LogP contribution in [0.15, 0.2) is 5.16 Å². The topological polar surface area (TPSA) is 50.7 Å².